The van der Waals surface area contributed by atoms with Gasteiger partial charge in [-0.2, -0.15) is 5.10 Å². The Balaban J connectivity index is 1.47. The van der Waals surface area contributed by atoms with Gasteiger partial charge in [0, 0.05) is 37.3 Å². The highest BCUT2D eigenvalue weighted by Crippen LogP contribution is 2.26. The van der Waals surface area contributed by atoms with Crippen molar-refractivity contribution in [2.75, 3.05) is 13.1 Å². The summed E-state index contributed by atoms with van der Waals surface area (Å²) in [5.41, 5.74) is 2.49. The number of nitrogens with zero attached hydrogens (tertiary/aromatic N) is 2. The molecule has 1 aromatic carbocycles. The number of hydrogen-bond acceptors (Lipinski definition) is 4. The molecule has 0 bridgehead atoms. The molecule has 0 saturated carbocycles. The summed E-state index contributed by atoms with van der Waals surface area (Å²) in [6, 6.07) is 13.8. The zero-order chi connectivity index (χ0) is 19.5. The van der Waals surface area contributed by atoms with Gasteiger partial charge in [0.2, 0.25) is 0 Å². The number of hydrogen-bond donors (Lipinski definition) is 1. The van der Waals surface area contributed by atoms with Gasteiger partial charge in [-0.1, -0.05) is 30.3 Å². The van der Waals surface area contributed by atoms with E-state index in [1.54, 1.807) is 18.0 Å². The van der Waals surface area contributed by atoms with Crippen molar-refractivity contribution in [3.8, 4) is 0 Å². The van der Waals surface area contributed by atoms with Gasteiger partial charge in [-0.3, -0.25) is 9.89 Å². The predicted octanol–water partition coefficient (Wildman–Crippen LogP) is 3.09. The Bertz CT molecular complexity index is 1010. The van der Waals surface area contributed by atoms with Gasteiger partial charge in [0.25, 0.3) is 5.91 Å². The number of carbonyl (C=O) groups is 1. The first-order valence-corrected chi connectivity index (χ1v) is 9.58. The van der Waals surface area contributed by atoms with Crippen molar-refractivity contribution in [3.63, 3.8) is 0 Å². The fraction of sp³-hybridized carbons (Fsp3) is 0.318. The summed E-state index contributed by atoms with van der Waals surface area (Å²) in [6.07, 6.45) is 3.98. The van der Waals surface area contributed by atoms with E-state index in [-0.39, 0.29) is 17.4 Å². The van der Waals surface area contributed by atoms with E-state index in [9.17, 15) is 9.59 Å². The van der Waals surface area contributed by atoms with Crippen molar-refractivity contribution in [2.45, 2.75) is 32.1 Å². The second-order valence-corrected chi connectivity index (χ2v) is 7.29. The van der Waals surface area contributed by atoms with Crippen LogP contribution in [0.25, 0.3) is 0 Å². The van der Waals surface area contributed by atoms with Crippen LogP contribution in [-0.4, -0.2) is 34.1 Å². The average molecular weight is 377 g/mol. The lowest BCUT2D eigenvalue weighted by Crippen LogP contribution is -2.33. The van der Waals surface area contributed by atoms with E-state index in [2.05, 4.69) is 10.2 Å². The first-order chi connectivity index (χ1) is 13.6. The Hall–Kier alpha value is -3.15. The van der Waals surface area contributed by atoms with E-state index in [1.165, 1.54) is 5.56 Å². The molecule has 1 aliphatic heterocycles. The summed E-state index contributed by atoms with van der Waals surface area (Å²) in [6.45, 7) is 3.01. The molecule has 4 rings (SSSR count). The topological polar surface area (TPSA) is 79.2 Å². The number of amides is 1. The zero-order valence-corrected chi connectivity index (χ0v) is 15.9. The molecule has 1 fully saturated rings. The number of aromatic amines is 1. The summed E-state index contributed by atoms with van der Waals surface area (Å²) in [5.74, 6) is 0.589. The molecule has 1 unspecified atom stereocenters. The van der Waals surface area contributed by atoms with Crippen molar-refractivity contribution in [2.24, 2.45) is 0 Å². The largest absolute Gasteiger partial charge is 0.427 e. The second kappa shape index (κ2) is 7.84. The first kappa shape index (κ1) is 18.2. The normalized spacial score (nSPS) is 16.5. The molecule has 0 radical (unpaired) electrons. The van der Waals surface area contributed by atoms with Crippen LogP contribution in [-0.2, 0) is 12.8 Å². The fourth-order valence-corrected chi connectivity index (χ4v) is 3.82. The van der Waals surface area contributed by atoms with Gasteiger partial charge in [-0.15, -0.1) is 0 Å². The van der Waals surface area contributed by atoms with Crippen LogP contribution in [0.5, 0.6) is 0 Å². The standard InChI is InChI=1S/C22H23N3O3/c1-15-13-18(8-7-16-5-3-2-4-6-16)28-22(27)20(15)21(26)25-12-10-17(14-25)19-9-11-23-24-19/h2-6,9,11,13,17H,7-8,10,12,14H2,1H3,(H,23,24). The summed E-state index contributed by atoms with van der Waals surface area (Å²) >= 11 is 0. The number of carbonyl (C=O) groups excluding carboxylic acids is 1. The molecule has 1 aliphatic rings. The molecule has 0 spiro atoms. The Labute approximate surface area is 163 Å². The number of rotatable bonds is 5. The Morgan fingerprint density at radius 3 is 2.79 bits per heavy atom. The van der Waals surface area contributed by atoms with E-state index in [4.69, 9.17) is 4.42 Å². The molecule has 6 heteroatoms. The second-order valence-electron chi connectivity index (χ2n) is 7.29. The molecular weight excluding hydrogens is 354 g/mol. The molecular formula is C22H23N3O3. The minimum Gasteiger partial charge on any atom is -0.427 e. The number of nitrogens with one attached hydrogen (secondary N) is 1. The lowest BCUT2D eigenvalue weighted by Gasteiger charge is -2.17. The summed E-state index contributed by atoms with van der Waals surface area (Å²) in [4.78, 5) is 27.2. The van der Waals surface area contributed by atoms with E-state index >= 15 is 0 Å². The monoisotopic (exact) mass is 377 g/mol. The highest BCUT2D eigenvalue weighted by Gasteiger charge is 2.31. The van der Waals surface area contributed by atoms with Crippen LogP contribution in [0.1, 0.15) is 45.3 Å². The third kappa shape index (κ3) is 3.76. The highest BCUT2D eigenvalue weighted by molar-refractivity contribution is 5.95. The number of benzene rings is 1. The van der Waals surface area contributed by atoms with E-state index in [0.717, 1.165) is 18.5 Å². The maximum atomic E-state index is 12.9. The van der Waals surface area contributed by atoms with Gasteiger partial charge >= 0.3 is 5.63 Å². The zero-order valence-electron chi connectivity index (χ0n) is 15.9. The first-order valence-electron chi connectivity index (χ1n) is 9.58. The van der Waals surface area contributed by atoms with E-state index < -0.39 is 5.63 Å². The lowest BCUT2D eigenvalue weighted by atomic mass is 10.1. The van der Waals surface area contributed by atoms with Gasteiger partial charge in [-0.05, 0) is 43.0 Å². The Morgan fingerprint density at radius 2 is 2.07 bits per heavy atom. The third-order valence-electron chi connectivity index (χ3n) is 5.35. The summed E-state index contributed by atoms with van der Waals surface area (Å²) in [5, 5.41) is 6.95. The summed E-state index contributed by atoms with van der Waals surface area (Å²) < 4.78 is 5.47. The molecule has 3 aromatic rings. The predicted molar refractivity (Wildman–Crippen MR) is 105 cm³/mol. The van der Waals surface area contributed by atoms with Gasteiger partial charge < -0.3 is 9.32 Å². The molecule has 0 aliphatic carbocycles. The van der Waals surface area contributed by atoms with Crippen molar-refractivity contribution in [1.82, 2.24) is 15.1 Å². The number of likely N-dealkylation sites (tertiary alicyclic amines) is 1. The summed E-state index contributed by atoms with van der Waals surface area (Å²) in [7, 11) is 0. The van der Waals surface area contributed by atoms with Crippen molar-refractivity contribution in [3.05, 3.63) is 87.2 Å². The molecule has 28 heavy (non-hydrogen) atoms. The van der Waals surface area contributed by atoms with Gasteiger partial charge in [0.05, 0.1) is 0 Å². The average Bonchev–Trinajstić information content (AvgIpc) is 3.38. The van der Waals surface area contributed by atoms with Crippen LogP contribution in [0.2, 0.25) is 0 Å². The van der Waals surface area contributed by atoms with E-state index in [1.807, 2.05) is 42.5 Å². The molecule has 3 heterocycles. The number of H-pyrrole nitrogens is 1. The third-order valence-corrected chi connectivity index (χ3v) is 5.35. The fourth-order valence-electron chi connectivity index (χ4n) is 3.82. The molecule has 1 saturated heterocycles. The maximum absolute atomic E-state index is 12.9. The van der Waals surface area contributed by atoms with Gasteiger partial charge in [0.1, 0.15) is 11.3 Å². The van der Waals surface area contributed by atoms with Crippen molar-refractivity contribution in [1.29, 1.82) is 0 Å². The van der Waals surface area contributed by atoms with Gasteiger partial charge in [-0.25, -0.2) is 4.79 Å². The van der Waals surface area contributed by atoms with Crippen molar-refractivity contribution >= 4 is 5.91 Å². The van der Waals surface area contributed by atoms with Crippen LogP contribution in [0.3, 0.4) is 0 Å². The maximum Gasteiger partial charge on any atom is 0.349 e. The lowest BCUT2D eigenvalue weighted by molar-refractivity contribution is 0.0785. The van der Waals surface area contributed by atoms with Crippen LogP contribution in [0.4, 0.5) is 0 Å². The Kier molecular flexibility index (Phi) is 5.10. The quantitative estimate of drug-likeness (QED) is 0.741. The molecule has 6 nitrogen and oxygen atoms in total. The van der Waals surface area contributed by atoms with Crippen molar-refractivity contribution < 1.29 is 9.21 Å². The molecule has 1 atom stereocenters. The smallest absolute Gasteiger partial charge is 0.349 e. The van der Waals surface area contributed by atoms with Gasteiger partial charge in [0.15, 0.2) is 0 Å². The molecule has 1 N–H and O–H groups in total. The highest BCUT2D eigenvalue weighted by atomic mass is 16.4. The Morgan fingerprint density at radius 1 is 1.25 bits per heavy atom. The van der Waals surface area contributed by atoms with Crippen LogP contribution >= 0.6 is 0 Å². The van der Waals surface area contributed by atoms with Crippen LogP contribution < -0.4 is 5.63 Å². The number of aryl methyl sites for hydroxylation is 3. The molecule has 144 valence electrons. The van der Waals surface area contributed by atoms with Crippen LogP contribution in [0, 0.1) is 6.92 Å². The van der Waals surface area contributed by atoms with E-state index in [0.29, 0.717) is 30.8 Å². The minimum atomic E-state index is -0.543. The molecule has 1 amide bonds. The van der Waals surface area contributed by atoms with Crippen LogP contribution in [0.15, 0.2) is 57.9 Å². The molecule has 2 aromatic heterocycles. The number of aromatic nitrogens is 2. The minimum absolute atomic E-state index is 0.147. The SMILES string of the molecule is Cc1cc(CCc2ccccc2)oc(=O)c1C(=O)N1CCC(c2ccn[nH]2)C1.